The average molecular weight is 251 g/mol. The van der Waals surface area contributed by atoms with Crippen LogP contribution in [0.15, 0.2) is 41.0 Å². The van der Waals surface area contributed by atoms with Crippen molar-refractivity contribution in [2.24, 2.45) is 0 Å². The summed E-state index contributed by atoms with van der Waals surface area (Å²) in [5.41, 5.74) is 0.108. The molecule has 1 aromatic heterocycles. The Morgan fingerprint density at radius 1 is 1.22 bits per heavy atom. The molecule has 1 aromatic carbocycles. The highest BCUT2D eigenvalue weighted by atomic mass is 19.1. The van der Waals surface area contributed by atoms with Crippen LogP contribution in [0.25, 0.3) is 0 Å². The lowest BCUT2D eigenvalue weighted by Crippen LogP contribution is -2.12. The Kier molecular flexibility index (Phi) is 3.72. The number of aryl methyl sites for hydroxylation is 1. The van der Waals surface area contributed by atoms with Gasteiger partial charge in [0.2, 0.25) is 5.91 Å². The Hall–Kier alpha value is -2.17. The SMILES string of the molecule is O=C(CCc1ccco1)Nc1cc(F)cc(F)c1. The predicted molar refractivity (Wildman–Crippen MR) is 62.0 cm³/mol. The first-order valence-corrected chi connectivity index (χ1v) is 5.42. The van der Waals surface area contributed by atoms with Gasteiger partial charge < -0.3 is 9.73 Å². The number of furan rings is 1. The second-order valence-electron chi connectivity index (χ2n) is 3.79. The van der Waals surface area contributed by atoms with Gasteiger partial charge in [-0.1, -0.05) is 0 Å². The smallest absolute Gasteiger partial charge is 0.224 e. The molecule has 0 bridgehead atoms. The highest BCUT2D eigenvalue weighted by Gasteiger charge is 2.06. The van der Waals surface area contributed by atoms with Crippen LogP contribution in [-0.4, -0.2) is 5.91 Å². The van der Waals surface area contributed by atoms with Crippen LogP contribution in [-0.2, 0) is 11.2 Å². The number of rotatable bonds is 4. The van der Waals surface area contributed by atoms with Crippen molar-refractivity contribution in [2.45, 2.75) is 12.8 Å². The van der Waals surface area contributed by atoms with E-state index >= 15 is 0 Å². The van der Waals surface area contributed by atoms with E-state index in [1.807, 2.05) is 0 Å². The van der Waals surface area contributed by atoms with Crippen LogP contribution in [0.1, 0.15) is 12.2 Å². The summed E-state index contributed by atoms with van der Waals surface area (Å²) in [6.45, 7) is 0. The molecule has 0 saturated carbocycles. The third-order valence-corrected chi connectivity index (χ3v) is 2.32. The fourth-order valence-electron chi connectivity index (χ4n) is 1.54. The minimum atomic E-state index is -0.726. The third kappa shape index (κ3) is 3.41. The second-order valence-corrected chi connectivity index (χ2v) is 3.79. The number of anilines is 1. The van der Waals surface area contributed by atoms with E-state index in [1.54, 1.807) is 12.1 Å². The van der Waals surface area contributed by atoms with Gasteiger partial charge in [0.05, 0.1) is 6.26 Å². The van der Waals surface area contributed by atoms with Crippen molar-refractivity contribution in [3.8, 4) is 0 Å². The molecule has 1 heterocycles. The van der Waals surface area contributed by atoms with Crippen molar-refractivity contribution in [3.05, 3.63) is 54.0 Å². The zero-order chi connectivity index (χ0) is 13.0. The molecule has 0 saturated heterocycles. The molecular weight excluding hydrogens is 240 g/mol. The first kappa shape index (κ1) is 12.3. The largest absolute Gasteiger partial charge is 0.469 e. The minimum Gasteiger partial charge on any atom is -0.469 e. The summed E-state index contributed by atoms with van der Waals surface area (Å²) >= 11 is 0. The molecular formula is C13H11F2NO2. The van der Waals surface area contributed by atoms with Gasteiger partial charge in [-0.05, 0) is 24.3 Å². The molecule has 2 aromatic rings. The number of carbonyl (C=O) groups excluding carboxylic acids is 1. The summed E-state index contributed by atoms with van der Waals surface area (Å²) in [4.78, 5) is 11.5. The second kappa shape index (κ2) is 5.44. The van der Waals surface area contributed by atoms with Crippen LogP contribution < -0.4 is 5.32 Å². The number of hydrogen-bond acceptors (Lipinski definition) is 2. The molecule has 3 nitrogen and oxygen atoms in total. The van der Waals surface area contributed by atoms with Gasteiger partial charge >= 0.3 is 0 Å². The van der Waals surface area contributed by atoms with E-state index in [1.165, 1.54) is 6.26 Å². The number of nitrogens with one attached hydrogen (secondary N) is 1. The summed E-state index contributed by atoms with van der Waals surface area (Å²) in [5, 5.41) is 2.43. The topological polar surface area (TPSA) is 42.2 Å². The molecule has 1 N–H and O–H groups in total. The standard InChI is InChI=1S/C13H11F2NO2/c14-9-6-10(15)8-11(7-9)16-13(17)4-3-12-2-1-5-18-12/h1-2,5-8H,3-4H2,(H,16,17). The van der Waals surface area contributed by atoms with Crippen LogP contribution in [0.2, 0.25) is 0 Å². The summed E-state index contributed by atoms with van der Waals surface area (Å²) < 4.78 is 30.8. The number of halogens is 2. The van der Waals surface area contributed by atoms with Crippen molar-refractivity contribution in [2.75, 3.05) is 5.32 Å². The zero-order valence-corrected chi connectivity index (χ0v) is 9.45. The van der Waals surface area contributed by atoms with Gasteiger partial charge in [-0.3, -0.25) is 4.79 Å². The molecule has 2 rings (SSSR count). The highest BCUT2D eigenvalue weighted by molar-refractivity contribution is 5.90. The van der Waals surface area contributed by atoms with Crippen molar-refractivity contribution >= 4 is 11.6 Å². The van der Waals surface area contributed by atoms with Crippen LogP contribution in [0.4, 0.5) is 14.5 Å². The van der Waals surface area contributed by atoms with Crippen LogP contribution in [0.5, 0.6) is 0 Å². The number of benzene rings is 1. The first-order chi connectivity index (χ1) is 8.63. The monoisotopic (exact) mass is 251 g/mol. The Balaban J connectivity index is 1.90. The normalized spacial score (nSPS) is 10.3. The Labute approximate surface area is 102 Å². The van der Waals surface area contributed by atoms with Gasteiger partial charge in [-0.2, -0.15) is 0 Å². The number of hydrogen-bond donors (Lipinski definition) is 1. The van der Waals surface area contributed by atoms with Crippen LogP contribution in [0.3, 0.4) is 0 Å². The highest BCUT2D eigenvalue weighted by Crippen LogP contribution is 2.13. The van der Waals surface area contributed by atoms with E-state index in [0.29, 0.717) is 12.2 Å². The Bertz CT molecular complexity index is 518. The number of amides is 1. The van der Waals surface area contributed by atoms with Gasteiger partial charge in [-0.15, -0.1) is 0 Å². The van der Waals surface area contributed by atoms with E-state index in [2.05, 4.69) is 5.32 Å². The van der Waals surface area contributed by atoms with Gasteiger partial charge in [0.25, 0.3) is 0 Å². The maximum atomic E-state index is 12.9. The molecule has 0 atom stereocenters. The maximum Gasteiger partial charge on any atom is 0.224 e. The quantitative estimate of drug-likeness (QED) is 0.907. The summed E-state index contributed by atoms with van der Waals surface area (Å²) in [5.74, 6) is -1.08. The van der Waals surface area contributed by atoms with Crippen LogP contribution >= 0.6 is 0 Å². The molecule has 0 radical (unpaired) electrons. The van der Waals surface area contributed by atoms with E-state index in [-0.39, 0.29) is 18.0 Å². The lowest BCUT2D eigenvalue weighted by Gasteiger charge is -2.04. The molecule has 0 aliphatic heterocycles. The fraction of sp³-hybridized carbons (Fsp3) is 0.154. The van der Waals surface area contributed by atoms with Gasteiger partial charge in [0, 0.05) is 24.6 Å². The molecule has 0 fully saturated rings. The molecule has 0 aliphatic rings. The molecule has 94 valence electrons. The van der Waals surface area contributed by atoms with Gasteiger partial charge in [0.15, 0.2) is 0 Å². The minimum absolute atomic E-state index is 0.108. The first-order valence-electron chi connectivity index (χ1n) is 5.42. The molecule has 0 spiro atoms. The van der Waals surface area contributed by atoms with E-state index < -0.39 is 11.6 Å². The van der Waals surface area contributed by atoms with Crippen molar-refractivity contribution in [1.29, 1.82) is 0 Å². The summed E-state index contributed by atoms with van der Waals surface area (Å²) in [7, 11) is 0. The zero-order valence-electron chi connectivity index (χ0n) is 9.45. The van der Waals surface area contributed by atoms with E-state index in [9.17, 15) is 13.6 Å². The lowest BCUT2D eigenvalue weighted by atomic mass is 10.2. The Morgan fingerprint density at radius 2 is 1.94 bits per heavy atom. The van der Waals surface area contributed by atoms with E-state index in [0.717, 1.165) is 18.2 Å². The fourth-order valence-corrected chi connectivity index (χ4v) is 1.54. The van der Waals surface area contributed by atoms with Gasteiger partial charge in [0.1, 0.15) is 17.4 Å². The maximum absolute atomic E-state index is 12.9. The van der Waals surface area contributed by atoms with Crippen molar-refractivity contribution in [3.63, 3.8) is 0 Å². The average Bonchev–Trinajstić information content (AvgIpc) is 2.77. The number of carbonyl (C=O) groups is 1. The van der Waals surface area contributed by atoms with Crippen molar-refractivity contribution < 1.29 is 18.0 Å². The van der Waals surface area contributed by atoms with Crippen LogP contribution in [0, 0.1) is 11.6 Å². The molecule has 0 aliphatic carbocycles. The summed E-state index contributed by atoms with van der Waals surface area (Å²) in [6.07, 6.45) is 2.15. The Morgan fingerprint density at radius 3 is 2.56 bits per heavy atom. The lowest BCUT2D eigenvalue weighted by molar-refractivity contribution is -0.116. The molecule has 0 unspecified atom stereocenters. The third-order valence-electron chi connectivity index (χ3n) is 2.32. The molecule has 5 heteroatoms. The van der Waals surface area contributed by atoms with Crippen molar-refractivity contribution in [1.82, 2.24) is 0 Å². The summed E-state index contributed by atoms with van der Waals surface area (Å²) in [6, 6.07) is 6.37. The van der Waals surface area contributed by atoms with Gasteiger partial charge in [-0.25, -0.2) is 8.78 Å². The molecule has 18 heavy (non-hydrogen) atoms. The van der Waals surface area contributed by atoms with E-state index in [4.69, 9.17) is 4.42 Å². The molecule has 1 amide bonds. The predicted octanol–water partition coefficient (Wildman–Crippen LogP) is 3.13.